The number of hydrogen-bond donors (Lipinski definition) is 0. The summed E-state index contributed by atoms with van der Waals surface area (Å²) in [6.07, 6.45) is 44.4. The molecular weight excluding hydrogens is 1080 g/mol. The van der Waals surface area contributed by atoms with Crippen LogP contribution in [0.1, 0.15) is 314 Å². The van der Waals surface area contributed by atoms with Crippen molar-refractivity contribution in [3.8, 4) is 0 Å². The largest absolute Gasteiger partial charge is 3.00 e. The Labute approximate surface area is 478 Å². The van der Waals surface area contributed by atoms with Crippen LogP contribution in [-0.4, -0.2) is 64.1 Å². The maximum Gasteiger partial charge on any atom is 3.00 e. The van der Waals surface area contributed by atoms with E-state index < -0.39 is 25.8 Å². The van der Waals surface area contributed by atoms with Crippen molar-refractivity contribution in [3.63, 3.8) is 0 Å². The van der Waals surface area contributed by atoms with Gasteiger partial charge in [0.25, 0.3) is 0 Å². The van der Waals surface area contributed by atoms with Crippen molar-refractivity contribution in [1.82, 2.24) is 0 Å². The molecule has 73 heavy (non-hydrogen) atoms. The summed E-state index contributed by atoms with van der Waals surface area (Å²) in [6.45, 7) is 30.0. The van der Waals surface area contributed by atoms with E-state index in [9.17, 15) is 14.7 Å². The first-order chi connectivity index (χ1) is 35.0. The van der Waals surface area contributed by atoms with E-state index in [4.69, 9.17) is 27.1 Å². The molecule has 0 aliphatic rings. The van der Waals surface area contributed by atoms with Gasteiger partial charge in [-0.2, -0.15) is 0 Å². The van der Waals surface area contributed by atoms with E-state index in [0.29, 0.717) is 75.1 Å². The molecule has 0 aliphatic carbocycles. The quantitative estimate of drug-likeness (QED) is 0.0332. The Hall–Kier alpha value is 1.75. The van der Waals surface area contributed by atoms with Crippen LogP contribution in [0.2, 0.25) is 0 Å². The molecule has 0 amide bonds. The molecule has 0 heterocycles. The first kappa shape index (κ1) is 81.2. The molecular formula is C60H126O9P3Sb. The van der Waals surface area contributed by atoms with Crippen LogP contribution in [0.25, 0.3) is 0 Å². The molecule has 6 unspecified atom stereocenters. The predicted molar refractivity (Wildman–Crippen MR) is 317 cm³/mol. The maximum absolute atomic E-state index is 11.9. The Morgan fingerprint density at radius 3 is 0.479 bits per heavy atom. The standard InChI is InChI=1S/3C20H42O3P.Sb/c3*1-5-9-11-13-15-19(7-3)17-22-24(21)23-18-20(8-4)16-14-12-10-6-2;/h3*19-20H,5-18H2,1-4H3;/q3*-1;+3. The van der Waals surface area contributed by atoms with E-state index in [2.05, 4.69) is 83.1 Å². The SMILES string of the molecule is CCCCCCC(CC)COP([O-])OCC(CC)CCCCCC.CCCCCCC(CC)COP([O-])OCC(CC)CCCCCC.CCCCCCC(CC)COP([O-])OCC(CC)CCCCCC.[Sb+3]. The van der Waals surface area contributed by atoms with Crippen LogP contribution in [0.4, 0.5) is 0 Å². The topological polar surface area (TPSA) is 125 Å². The zero-order valence-electron chi connectivity index (χ0n) is 50.6. The van der Waals surface area contributed by atoms with Gasteiger partial charge in [0.05, 0.1) is 65.4 Å². The van der Waals surface area contributed by atoms with Crippen LogP contribution >= 0.6 is 25.8 Å². The third kappa shape index (κ3) is 59.7. The van der Waals surface area contributed by atoms with Gasteiger partial charge in [0.1, 0.15) is 0 Å². The van der Waals surface area contributed by atoms with Gasteiger partial charge in [0, 0.05) is 0 Å². The van der Waals surface area contributed by atoms with Crippen molar-refractivity contribution < 1.29 is 41.8 Å². The smallest absolute Gasteiger partial charge is 0.786 e. The summed E-state index contributed by atoms with van der Waals surface area (Å²) in [5, 5.41) is 0. The van der Waals surface area contributed by atoms with E-state index in [1.807, 2.05) is 0 Å². The Kier molecular flexibility index (Phi) is 73.7. The van der Waals surface area contributed by atoms with Crippen molar-refractivity contribution >= 4 is 50.2 Å². The summed E-state index contributed by atoms with van der Waals surface area (Å²) in [4.78, 5) is 35.8. The molecule has 0 N–H and O–H groups in total. The fourth-order valence-electron chi connectivity index (χ4n) is 8.70. The minimum absolute atomic E-state index is 0. The normalized spacial score (nSPS) is 15.2. The van der Waals surface area contributed by atoms with E-state index in [0.717, 1.165) is 38.5 Å². The van der Waals surface area contributed by atoms with Gasteiger partial charge in [-0.25, -0.2) is 0 Å². The van der Waals surface area contributed by atoms with E-state index in [1.54, 1.807) is 0 Å². The second-order valence-electron chi connectivity index (χ2n) is 21.2. The molecule has 0 aromatic rings. The summed E-state index contributed by atoms with van der Waals surface area (Å²) in [6, 6.07) is 0. The Morgan fingerprint density at radius 2 is 0.370 bits per heavy atom. The molecule has 0 fully saturated rings. The molecule has 0 spiro atoms. The van der Waals surface area contributed by atoms with E-state index in [-0.39, 0.29) is 24.4 Å². The Morgan fingerprint density at radius 1 is 0.233 bits per heavy atom. The van der Waals surface area contributed by atoms with Crippen LogP contribution in [0, 0.1) is 35.5 Å². The second-order valence-corrected chi connectivity index (χ2v) is 24.1. The van der Waals surface area contributed by atoms with Crippen molar-refractivity contribution in [1.29, 1.82) is 0 Å². The average molecular weight is 1210 g/mol. The van der Waals surface area contributed by atoms with Crippen LogP contribution in [0.3, 0.4) is 0 Å². The fourth-order valence-corrected chi connectivity index (χ4v) is 10.9. The molecule has 0 aromatic heterocycles. The average Bonchev–Trinajstić information content (AvgIpc) is 3.40. The molecule has 13 heteroatoms. The van der Waals surface area contributed by atoms with Gasteiger partial charge < -0.3 is 41.8 Å². The van der Waals surface area contributed by atoms with Crippen LogP contribution in [-0.2, 0) is 27.1 Å². The molecule has 0 saturated carbocycles. The zero-order valence-corrected chi connectivity index (χ0v) is 55.9. The van der Waals surface area contributed by atoms with Gasteiger partial charge in [-0.15, -0.1) is 0 Å². The third-order valence-electron chi connectivity index (χ3n) is 14.8. The molecule has 0 bridgehead atoms. The number of rotatable bonds is 54. The zero-order chi connectivity index (χ0) is 54.1. The van der Waals surface area contributed by atoms with Crippen molar-refractivity contribution in [2.24, 2.45) is 35.5 Å². The van der Waals surface area contributed by atoms with Gasteiger partial charge >= 0.3 is 24.4 Å². The van der Waals surface area contributed by atoms with Crippen molar-refractivity contribution in [2.45, 2.75) is 314 Å². The molecule has 0 rings (SSSR count). The molecule has 440 valence electrons. The molecule has 0 saturated heterocycles. The Balaban J connectivity index is -0.000000486. The molecule has 6 atom stereocenters. The van der Waals surface area contributed by atoms with E-state index >= 15 is 0 Å². The third-order valence-corrected chi connectivity index (χ3v) is 16.9. The minimum Gasteiger partial charge on any atom is -0.786 e. The first-order valence-electron chi connectivity index (χ1n) is 31.2. The summed E-state index contributed by atoms with van der Waals surface area (Å²) in [5.41, 5.74) is 0. The maximum atomic E-state index is 11.9. The van der Waals surface area contributed by atoms with Crippen LogP contribution in [0.15, 0.2) is 0 Å². The fraction of sp³-hybridized carbons (Fsp3) is 1.00. The van der Waals surface area contributed by atoms with Crippen molar-refractivity contribution in [3.05, 3.63) is 0 Å². The molecule has 2 radical (unpaired) electrons. The number of hydrogen-bond acceptors (Lipinski definition) is 9. The van der Waals surface area contributed by atoms with Gasteiger partial charge in [-0.05, 0) is 74.0 Å². The first-order valence-corrected chi connectivity index (χ1v) is 34.5. The van der Waals surface area contributed by atoms with Crippen LogP contribution < -0.4 is 14.7 Å². The predicted octanol–water partition coefficient (Wildman–Crippen LogP) is 19.4. The summed E-state index contributed by atoms with van der Waals surface area (Å²) < 4.78 is 32.9. The summed E-state index contributed by atoms with van der Waals surface area (Å²) in [7, 11) is -5.85. The molecule has 0 aromatic carbocycles. The Bertz CT molecular complexity index is 808. The summed E-state index contributed by atoms with van der Waals surface area (Å²) in [5.74, 6) is 3.09. The minimum atomic E-state index is -1.95. The van der Waals surface area contributed by atoms with Gasteiger partial charge in [-0.1, -0.05) is 276 Å². The van der Waals surface area contributed by atoms with Gasteiger partial charge in [0.15, 0.2) is 0 Å². The second kappa shape index (κ2) is 66.3. The van der Waals surface area contributed by atoms with Crippen LogP contribution in [0.5, 0.6) is 0 Å². The van der Waals surface area contributed by atoms with E-state index in [1.165, 1.54) is 193 Å². The molecule has 9 nitrogen and oxygen atoms in total. The monoisotopic (exact) mass is 1200 g/mol. The van der Waals surface area contributed by atoms with Gasteiger partial charge in [-0.3, -0.25) is 0 Å². The van der Waals surface area contributed by atoms with Gasteiger partial charge in [0.2, 0.25) is 0 Å². The van der Waals surface area contributed by atoms with Crippen molar-refractivity contribution in [2.75, 3.05) is 39.6 Å². The summed E-state index contributed by atoms with van der Waals surface area (Å²) >= 11 is 0. The molecule has 0 aliphatic heterocycles. The number of unbranched alkanes of at least 4 members (excludes halogenated alkanes) is 18.